The van der Waals surface area contributed by atoms with Gasteiger partial charge in [0.25, 0.3) is 0 Å². The van der Waals surface area contributed by atoms with Crippen molar-refractivity contribution < 1.29 is 14.7 Å². The molecule has 5 heteroatoms. The average Bonchev–Trinajstić information content (AvgIpc) is 3.19. The van der Waals surface area contributed by atoms with E-state index in [9.17, 15) is 9.59 Å². The van der Waals surface area contributed by atoms with E-state index in [2.05, 4.69) is 17.1 Å². The molecule has 150 valence electrons. The molecule has 0 radical (unpaired) electrons. The van der Waals surface area contributed by atoms with Crippen LogP contribution in [0.2, 0.25) is 0 Å². The third kappa shape index (κ3) is 6.36. The highest BCUT2D eigenvalue weighted by atomic mass is 32.2. The van der Waals surface area contributed by atoms with Crippen LogP contribution in [0.3, 0.4) is 0 Å². The van der Waals surface area contributed by atoms with Gasteiger partial charge in [-0.2, -0.15) is 0 Å². The smallest absolute Gasteiger partial charge is 0.313 e. The predicted molar refractivity (Wildman–Crippen MR) is 118 cm³/mol. The monoisotopic (exact) mass is 407 g/mol. The zero-order chi connectivity index (χ0) is 20.6. The lowest BCUT2D eigenvalue weighted by Crippen LogP contribution is -2.14. The number of aliphatic carboxylic acids is 1. The molecule has 0 unspecified atom stereocenters. The standard InChI is InChI=1S/C24H25NO3S/c1-18-8-10-20(11-9-18)24(28)21-12-14-25(16-21)13-3-2-5-19-6-4-7-22(15-19)29-17-23(26)27/h2,4-11,15-16H,3,12-14,17H2,1H3,(H,26,27)/b5-2+. The van der Waals surface area contributed by atoms with Crippen LogP contribution in [0.4, 0.5) is 0 Å². The Bertz CT molecular complexity index is 931. The van der Waals surface area contributed by atoms with E-state index in [1.165, 1.54) is 11.8 Å². The maximum absolute atomic E-state index is 12.6. The zero-order valence-electron chi connectivity index (χ0n) is 16.5. The van der Waals surface area contributed by atoms with Crippen LogP contribution in [0.5, 0.6) is 0 Å². The molecule has 0 aliphatic carbocycles. The first kappa shape index (κ1) is 20.9. The second kappa shape index (κ2) is 10.1. The minimum absolute atomic E-state index is 0.0676. The van der Waals surface area contributed by atoms with Gasteiger partial charge in [-0.1, -0.05) is 54.1 Å². The highest BCUT2D eigenvalue weighted by Gasteiger charge is 2.19. The summed E-state index contributed by atoms with van der Waals surface area (Å²) in [6.07, 6.45) is 7.85. The number of hydrogen-bond donors (Lipinski definition) is 1. The minimum atomic E-state index is -0.810. The summed E-state index contributed by atoms with van der Waals surface area (Å²) in [6, 6.07) is 15.6. The van der Waals surface area contributed by atoms with E-state index in [-0.39, 0.29) is 11.5 Å². The number of hydrogen-bond acceptors (Lipinski definition) is 4. The van der Waals surface area contributed by atoms with E-state index in [1.54, 1.807) is 0 Å². The molecule has 29 heavy (non-hydrogen) atoms. The number of ketones is 1. The maximum atomic E-state index is 12.6. The lowest BCUT2D eigenvalue weighted by Gasteiger charge is -2.12. The number of carboxylic acid groups (broad SMARTS) is 1. The largest absolute Gasteiger partial charge is 0.481 e. The number of thioether (sulfide) groups is 1. The molecule has 0 aromatic heterocycles. The number of carboxylic acids is 1. The molecule has 0 bridgehead atoms. The summed E-state index contributed by atoms with van der Waals surface area (Å²) < 4.78 is 0. The first-order chi connectivity index (χ1) is 14.0. The van der Waals surface area contributed by atoms with Crippen LogP contribution >= 0.6 is 11.8 Å². The van der Waals surface area contributed by atoms with Gasteiger partial charge in [0.1, 0.15) is 0 Å². The van der Waals surface area contributed by atoms with Crippen molar-refractivity contribution >= 4 is 29.6 Å². The third-order valence-corrected chi connectivity index (χ3v) is 5.70. The second-order valence-electron chi connectivity index (χ2n) is 7.08. The Morgan fingerprint density at radius 2 is 1.97 bits per heavy atom. The Labute approximate surface area is 175 Å². The summed E-state index contributed by atoms with van der Waals surface area (Å²) in [6.45, 7) is 3.76. The molecule has 0 saturated heterocycles. The van der Waals surface area contributed by atoms with Crippen LogP contribution in [0.25, 0.3) is 6.08 Å². The predicted octanol–water partition coefficient (Wildman–Crippen LogP) is 5.05. The lowest BCUT2D eigenvalue weighted by atomic mass is 10.0. The Morgan fingerprint density at radius 3 is 2.72 bits per heavy atom. The van der Waals surface area contributed by atoms with Crippen molar-refractivity contribution in [1.29, 1.82) is 0 Å². The van der Waals surface area contributed by atoms with E-state index in [0.29, 0.717) is 0 Å². The normalized spacial score (nSPS) is 13.7. The molecule has 1 heterocycles. The molecule has 1 aliphatic heterocycles. The number of rotatable bonds is 9. The van der Waals surface area contributed by atoms with Crippen molar-refractivity contribution in [2.45, 2.75) is 24.7 Å². The van der Waals surface area contributed by atoms with Crippen molar-refractivity contribution in [1.82, 2.24) is 4.90 Å². The Hall–Kier alpha value is -2.79. The lowest BCUT2D eigenvalue weighted by molar-refractivity contribution is -0.133. The number of aryl methyl sites for hydroxylation is 1. The van der Waals surface area contributed by atoms with E-state index in [1.807, 2.05) is 61.7 Å². The van der Waals surface area contributed by atoms with Gasteiger partial charge in [-0.15, -0.1) is 11.8 Å². The SMILES string of the molecule is Cc1ccc(C(=O)C2=CN(CC/C=C/c3cccc(SCC(=O)O)c3)CC2)cc1. The van der Waals surface area contributed by atoms with Gasteiger partial charge in [0.15, 0.2) is 5.78 Å². The number of Topliss-reactive ketones (excluding diaryl/α,β-unsaturated/α-hetero) is 1. The van der Waals surface area contributed by atoms with E-state index < -0.39 is 5.97 Å². The first-order valence-corrected chi connectivity index (χ1v) is 10.7. The highest BCUT2D eigenvalue weighted by Crippen LogP contribution is 2.21. The van der Waals surface area contributed by atoms with Crippen molar-refractivity contribution in [3.05, 3.63) is 83.1 Å². The highest BCUT2D eigenvalue weighted by molar-refractivity contribution is 8.00. The van der Waals surface area contributed by atoms with Gasteiger partial charge in [0.2, 0.25) is 0 Å². The molecular weight excluding hydrogens is 382 g/mol. The van der Waals surface area contributed by atoms with Crippen LogP contribution < -0.4 is 0 Å². The van der Waals surface area contributed by atoms with Gasteiger partial charge in [-0.25, -0.2) is 0 Å². The van der Waals surface area contributed by atoms with Crippen LogP contribution in [0.1, 0.15) is 34.3 Å². The van der Waals surface area contributed by atoms with Crippen LogP contribution in [0, 0.1) is 6.92 Å². The first-order valence-electron chi connectivity index (χ1n) is 9.68. The molecule has 2 aromatic rings. The summed E-state index contributed by atoms with van der Waals surface area (Å²) in [5.41, 5.74) is 3.85. The van der Waals surface area contributed by atoms with Crippen LogP contribution in [-0.2, 0) is 4.79 Å². The Balaban J connectivity index is 1.49. The van der Waals surface area contributed by atoms with Crippen molar-refractivity contribution in [2.75, 3.05) is 18.8 Å². The molecule has 1 aliphatic rings. The van der Waals surface area contributed by atoms with Gasteiger partial charge in [-0.3, -0.25) is 9.59 Å². The van der Waals surface area contributed by atoms with E-state index in [0.717, 1.165) is 53.1 Å². The Morgan fingerprint density at radius 1 is 1.17 bits per heavy atom. The fourth-order valence-corrected chi connectivity index (χ4v) is 3.85. The number of nitrogens with zero attached hydrogens (tertiary/aromatic N) is 1. The van der Waals surface area contributed by atoms with Crippen LogP contribution in [-0.4, -0.2) is 40.6 Å². The van der Waals surface area contributed by atoms with Gasteiger partial charge >= 0.3 is 5.97 Å². The fourth-order valence-electron chi connectivity index (χ4n) is 3.17. The third-order valence-electron chi connectivity index (χ3n) is 4.73. The summed E-state index contributed by atoms with van der Waals surface area (Å²) >= 11 is 1.32. The van der Waals surface area contributed by atoms with Gasteiger partial charge in [-0.05, 0) is 37.5 Å². The Kier molecular flexibility index (Phi) is 7.30. The molecule has 0 spiro atoms. The van der Waals surface area contributed by atoms with Crippen molar-refractivity contribution in [2.24, 2.45) is 0 Å². The molecule has 0 saturated carbocycles. The van der Waals surface area contributed by atoms with Crippen molar-refractivity contribution in [3.8, 4) is 0 Å². The summed E-state index contributed by atoms with van der Waals surface area (Å²) in [5.74, 6) is -0.619. The summed E-state index contributed by atoms with van der Waals surface area (Å²) in [5, 5.41) is 8.78. The average molecular weight is 408 g/mol. The number of benzene rings is 2. The number of carbonyl (C=O) groups is 2. The van der Waals surface area contributed by atoms with Crippen LogP contribution in [0.15, 0.2) is 71.3 Å². The van der Waals surface area contributed by atoms with E-state index in [4.69, 9.17) is 5.11 Å². The molecule has 1 N–H and O–H groups in total. The summed E-state index contributed by atoms with van der Waals surface area (Å²) in [4.78, 5) is 26.4. The van der Waals surface area contributed by atoms with Gasteiger partial charge in [0.05, 0.1) is 5.75 Å². The molecule has 2 aromatic carbocycles. The number of carbonyl (C=O) groups excluding carboxylic acids is 1. The molecule has 0 fully saturated rings. The molecule has 4 nitrogen and oxygen atoms in total. The van der Waals surface area contributed by atoms with Crippen molar-refractivity contribution in [3.63, 3.8) is 0 Å². The van der Waals surface area contributed by atoms with Gasteiger partial charge < -0.3 is 10.0 Å². The molecule has 0 amide bonds. The van der Waals surface area contributed by atoms with Gasteiger partial charge in [0, 0.05) is 35.3 Å². The maximum Gasteiger partial charge on any atom is 0.313 e. The zero-order valence-corrected chi connectivity index (χ0v) is 17.3. The fraction of sp³-hybridized carbons (Fsp3) is 0.250. The summed E-state index contributed by atoms with van der Waals surface area (Å²) in [7, 11) is 0. The quantitative estimate of drug-likeness (QED) is 0.466. The molecular formula is C24H25NO3S. The molecule has 0 atom stereocenters. The van der Waals surface area contributed by atoms with E-state index >= 15 is 0 Å². The molecule has 3 rings (SSSR count). The minimum Gasteiger partial charge on any atom is -0.481 e. The topological polar surface area (TPSA) is 57.6 Å². The second-order valence-corrected chi connectivity index (χ2v) is 8.13.